The quantitative estimate of drug-likeness (QED) is 0.168. The summed E-state index contributed by atoms with van der Waals surface area (Å²) in [4.78, 5) is 48.6. The van der Waals surface area contributed by atoms with Crippen LogP contribution in [-0.4, -0.2) is 30.1 Å². The van der Waals surface area contributed by atoms with E-state index in [0.29, 0.717) is 40.2 Å². The Hall–Kier alpha value is -4.17. The fourth-order valence-electron chi connectivity index (χ4n) is 4.53. The SMILES string of the molecule is CCCCOC(=O)c1ccc2c(c1)Oc1cc(C(=O)OOC(C)(C)C)ccc1C21OC(=O)c2ccccc21. The Labute approximate surface area is 220 Å². The largest absolute Gasteiger partial charge is 0.462 e. The van der Waals surface area contributed by atoms with Crippen LogP contribution in [0.15, 0.2) is 60.7 Å². The molecule has 38 heavy (non-hydrogen) atoms. The molecule has 0 bridgehead atoms. The van der Waals surface area contributed by atoms with E-state index in [4.69, 9.17) is 24.0 Å². The Kier molecular flexibility index (Phi) is 6.44. The lowest BCUT2D eigenvalue weighted by molar-refractivity contribution is -0.301. The Morgan fingerprint density at radius 1 is 0.868 bits per heavy atom. The van der Waals surface area contributed by atoms with E-state index < -0.39 is 29.1 Å². The second kappa shape index (κ2) is 9.61. The maximum atomic E-state index is 13.0. The lowest BCUT2D eigenvalue weighted by Crippen LogP contribution is -2.33. The van der Waals surface area contributed by atoms with E-state index in [0.717, 1.165) is 12.8 Å². The average molecular weight is 517 g/mol. The molecular weight excluding hydrogens is 488 g/mol. The maximum absolute atomic E-state index is 13.0. The van der Waals surface area contributed by atoms with E-state index in [1.807, 2.05) is 19.1 Å². The molecule has 0 amide bonds. The van der Waals surface area contributed by atoms with Gasteiger partial charge in [-0.25, -0.2) is 14.4 Å². The molecule has 0 saturated heterocycles. The molecule has 1 spiro atoms. The van der Waals surface area contributed by atoms with Gasteiger partial charge in [-0.15, -0.1) is 0 Å². The van der Waals surface area contributed by atoms with Crippen LogP contribution in [0.3, 0.4) is 0 Å². The van der Waals surface area contributed by atoms with Crippen LogP contribution in [0.5, 0.6) is 11.5 Å². The monoisotopic (exact) mass is 516 g/mol. The molecule has 1 atom stereocenters. The van der Waals surface area contributed by atoms with Crippen molar-refractivity contribution >= 4 is 17.9 Å². The van der Waals surface area contributed by atoms with Gasteiger partial charge in [-0.1, -0.05) is 31.5 Å². The lowest BCUT2D eigenvalue weighted by atomic mass is 9.77. The van der Waals surface area contributed by atoms with Crippen molar-refractivity contribution in [3.8, 4) is 11.5 Å². The van der Waals surface area contributed by atoms with E-state index >= 15 is 0 Å². The zero-order valence-electron chi connectivity index (χ0n) is 21.7. The Balaban J connectivity index is 1.61. The van der Waals surface area contributed by atoms with E-state index in [1.165, 1.54) is 6.07 Å². The summed E-state index contributed by atoms with van der Waals surface area (Å²) in [6.45, 7) is 7.60. The van der Waals surface area contributed by atoms with E-state index in [9.17, 15) is 14.4 Å². The number of hydrogen-bond acceptors (Lipinski definition) is 8. The summed E-state index contributed by atoms with van der Waals surface area (Å²) in [5, 5.41) is 0. The molecule has 2 aliphatic heterocycles. The smallest absolute Gasteiger partial charge is 0.373 e. The summed E-state index contributed by atoms with van der Waals surface area (Å²) in [6.07, 6.45) is 1.66. The summed E-state index contributed by atoms with van der Waals surface area (Å²) in [5.74, 6) is -1.08. The number of hydrogen-bond donors (Lipinski definition) is 0. The van der Waals surface area contributed by atoms with Crippen LogP contribution in [0.25, 0.3) is 0 Å². The number of unbranched alkanes of at least 4 members (excludes halogenated alkanes) is 1. The van der Waals surface area contributed by atoms with Crippen LogP contribution in [0.4, 0.5) is 0 Å². The van der Waals surface area contributed by atoms with Gasteiger partial charge in [-0.3, -0.25) is 4.89 Å². The molecule has 2 heterocycles. The summed E-state index contributed by atoms with van der Waals surface area (Å²) >= 11 is 0. The highest BCUT2D eigenvalue weighted by molar-refractivity contribution is 5.98. The Morgan fingerprint density at radius 2 is 1.50 bits per heavy atom. The van der Waals surface area contributed by atoms with Gasteiger partial charge < -0.3 is 14.2 Å². The highest BCUT2D eigenvalue weighted by Gasteiger charge is 2.53. The van der Waals surface area contributed by atoms with Crippen molar-refractivity contribution in [1.82, 2.24) is 0 Å². The Morgan fingerprint density at radius 3 is 2.13 bits per heavy atom. The van der Waals surface area contributed by atoms with Gasteiger partial charge in [0, 0.05) is 16.7 Å². The second-order valence-electron chi connectivity index (χ2n) is 10.2. The van der Waals surface area contributed by atoms with Gasteiger partial charge in [-0.05, 0) is 69.7 Å². The van der Waals surface area contributed by atoms with Crippen LogP contribution < -0.4 is 4.74 Å². The minimum atomic E-state index is -1.33. The topological polar surface area (TPSA) is 97.4 Å². The van der Waals surface area contributed by atoms with Gasteiger partial charge in [0.1, 0.15) is 17.1 Å². The molecule has 0 aromatic heterocycles. The van der Waals surface area contributed by atoms with Crippen LogP contribution >= 0.6 is 0 Å². The lowest BCUT2D eigenvalue weighted by Gasteiger charge is -2.36. The summed E-state index contributed by atoms with van der Waals surface area (Å²) < 4.78 is 17.7. The van der Waals surface area contributed by atoms with Crippen molar-refractivity contribution in [2.45, 2.75) is 51.7 Å². The van der Waals surface area contributed by atoms with Crippen LogP contribution in [0.1, 0.15) is 88.3 Å². The number of esters is 2. The molecule has 1 unspecified atom stereocenters. The molecular formula is C30H28O8. The van der Waals surface area contributed by atoms with Crippen molar-refractivity contribution in [2.75, 3.05) is 6.61 Å². The highest BCUT2D eigenvalue weighted by Crippen LogP contribution is 2.56. The normalized spacial score (nSPS) is 17.1. The van der Waals surface area contributed by atoms with Gasteiger partial charge in [0.15, 0.2) is 5.60 Å². The molecule has 0 fully saturated rings. The first-order valence-electron chi connectivity index (χ1n) is 12.5. The van der Waals surface area contributed by atoms with Crippen molar-refractivity contribution in [1.29, 1.82) is 0 Å². The number of fused-ring (bicyclic) bond motifs is 6. The minimum Gasteiger partial charge on any atom is -0.462 e. The Bertz CT molecular complexity index is 1430. The third-order valence-corrected chi connectivity index (χ3v) is 6.28. The third kappa shape index (κ3) is 4.41. The fraction of sp³-hybridized carbons (Fsp3) is 0.300. The summed E-state index contributed by atoms with van der Waals surface area (Å²) in [7, 11) is 0. The first-order chi connectivity index (χ1) is 18.1. The standard InChI is InChI=1S/C30H28O8/c1-5-6-15-34-26(31)18-11-13-22-24(16-18)35-25-17-19(27(32)37-38-29(2,3)4)12-14-23(25)30(22)21-10-8-7-9-20(21)28(33)36-30/h7-14,16-17H,5-6,15H2,1-4H3. The molecule has 0 saturated carbocycles. The fourth-order valence-corrected chi connectivity index (χ4v) is 4.53. The molecule has 8 heteroatoms. The first kappa shape index (κ1) is 25.5. The third-order valence-electron chi connectivity index (χ3n) is 6.28. The average Bonchev–Trinajstić information content (AvgIpc) is 3.19. The molecule has 3 aromatic carbocycles. The van der Waals surface area contributed by atoms with Gasteiger partial charge in [0.2, 0.25) is 0 Å². The van der Waals surface area contributed by atoms with E-state index in [-0.39, 0.29) is 11.3 Å². The molecule has 8 nitrogen and oxygen atoms in total. The summed E-state index contributed by atoms with van der Waals surface area (Å²) in [5.41, 5.74) is 0.620. The summed E-state index contributed by atoms with van der Waals surface area (Å²) in [6, 6.07) is 16.8. The predicted octanol–water partition coefficient (Wildman–Crippen LogP) is 6.10. The van der Waals surface area contributed by atoms with Crippen molar-refractivity contribution in [3.63, 3.8) is 0 Å². The van der Waals surface area contributed by atoms with Crippen LogP contribution in [0, 0.1) is 0 Å². The second-order valence-corrected chi connectivity index (χ2v) is 10.2. The van der Waals surface area contributed by atoms with Gasteiger partial charge in [-0.2, -0.15) is 4.89 Å². The molecule has 3 aromatic rings. The molecule has 0 aliphatic carbocycles. The van der Waals surface area contributed by atoms with E-state index in [2.05, 4.69) is 0 Å². The molecule has 2 aliphatic rings. The van der Waals surface area contributed by atoms with Crippen LogP contribution in [0.2, 0.25) is 0 Å². The number of carbonyl (C=O) groups excluding carboxylic acids is 3. The van der Waals surface area contributed by atoms with Crippen LogP contribution in [-0.2, 0) is 24.8 Å². The molecule has 0 N–H and O–H groups in total. The van der Waals surface area contributed by atoms with Gasteiger partial charge in [0.05, 0.1) is 23.3 Å². The number of ether oxygens (including phenoxy) is 3. The van der Waals surface area contributed by atoms with Crippen molar-refractivity contribution in [3.05, 3.63) is 94.0 Å². The highest BCUT2D eigenvalue weighted by atomic mass is 17.2. The zero-order chi connectivity index (χ0) is 27.1. The predicted molar refractivity (Wildman–Crippen MR) is 136 cm³/mol. The number of benzene rings is 3. The van der Waals surface area contributed by atoms with Crippen molar-refractivity contribution < 1.29 is 38.4 Å². The van der Waals surface area contributed by atoms with Crippen molar-refractivity contribution in [2.24, 2.45) is 0 Å². The van der Waals surface area contributed by atoms with E-state index in [1.54, 1.807) is 63.2 Å². The zero-order valence-corrected chi connectivity index (χ0v) is 21.7. The van der Waals surface area contributed by atoms with Gasteiger partial charge >= 0.3 is 17.9 Å². The molecule has 196 valence electrons. The number of carbonyl (C=O) groups is 3. The first-order valence-corrected chi connectivity index (χ1v) is 12.5. The minimum absolute atomic E-state index is 0.180. The maximum Gasteiger partial charge on any atom is 0.373 e. The molecule has 0 radical (unpaired) electrons. The molecule has 5 rings (SSSR count). The number of rotatable bonds is 6. The van der Waals surface area contributed by atoms with Gasteiger partial charge in [0.25, 0.3) is 0 Å².